The molecule has 4 aromatic rings. The molecule has 0 atom stereocenters. The molecule has 3 aromatic heterocycles. The van der Waals surface area contributed by atoms with Crippen LogP contribution < -0.4 is 10.7 Å². The number of rotatable bonds is 3. The van der Waals surface area contributed by atoms with Gasteiger partial charge >= 0.3 is 0 Å². The minimum Gasteiger partial charge on any atom is -0.451 e. The Morgan fingerprint density at radius 2 is 1.92 bits per heavy atom. The van der Waals surface area contributed by atoms with E-state index in [-0.39, 0.29) is 11.2 Å². The quantitative estimate of drug-likeness (QED) is 0.611. The summed E-state index contributed by atoms with van der Waals surface area (Å²) in [5.41, 5.74) is 1.76. The van der Waals surface area contributed by atoms with E-state index in [1.54, 1.807) is 36.7 Å². The minimum absolute atomic E-state index is 0.0515. The second-order valence-corrected chi connectivity index (χ2v) is 6.06. The van der Waals surface area contributed by atoms with Crippen LogP contribution in [0.1, 0.15) is 10.6 Å². The van der Waals surface area contributed by atoms with Crippen LogP contribution in [0.2, 0.25) is 0 Å². The van der Waals surface area contributed by atoms with E-state index < -0.39 is 5.91 Å². The van der Waals surface area contributed by atoms with Gasteiger partial charge in [-0.3, -0.25) is 19.9 Å². The summed E-state index contributed by atoms with van der Waals surface area (Å²) in [5.74, 6) is -0.567. The third-order valence-electron chi connectivity index (χ3n) is 3.56. The van der Waals surface area contributed by atoms with E-state index in [4.69, 9.17) is 4.42 Å². The summed E-state index contributed by atoms with van der Waals surface area (Å²) in [5, 5.41) is 5.36. The lowest BCUT2D eigenvalue weighted by Crippen LogP contribution is -2.14. The van der Waals surface area contributed by atoms with E-state index in [1.165, 1.54) is 17.4 Å². The van der Waals surface area contributed by atoms with Crippen molar-refractivity contribution < 1.29 is 9.21 Å². The molecular formula is C18H11N3O3S. The Bertz CT molecular complexity index is 1120. The van der Waals surface area contributed by atoms with Crippen molar-refractivity contribution in [1.29, 1.82) is 0 Å². The van der Waals surface area contributed by atoms with E-state index in [9.17, 15) is 9.59 Å². The molecule has 0 spiro atoms. The molecule has 6 nitrogen and oxygen atoms in total. The zero-order valence-electron chi connectivity index (χ0n) is 12.8. The molecule has 0 bridgehead atoms. The van der Waals surface area contributed by atoms with Crippen LogP contribution >= 0.6 is 11.3 Å². The summed E-state index contributed by atoms with van der Waals surface area (Å²) in [7, 11) is 0. The van der Waals surface area contributed by atoms with Crippen molar-refractivity contribution in [3.05, 3.63) is 76.2 Å². The van der Waals surface area contributed by atoms with Crippen molar-refractivity contribution in [2.24, 2.45) is 0 Å². The second kappa shape index (κ2) is 6.29. The lowest BCUT2D eigenvalue weighted by Gasteiger charge is -2.02. The molecule has 4 rings (SSSR count). The first-order valence-electron chi connectivity index (χ1n) is 7.41. The summed E-state index contributed by atoms with van der Waals surface area (Å²) in [4.78, 5) is 32.8. The number of pyridine rings is 1. The van der Waals surface area contributed by atoms with Crippen LogP contribution in [-0.2, 0) is 0 Å². The highest BCUT2D eigenvalue weighted by molar-refractivity contribution is 7.14. The molecule has 0 aliphatic heterocycles. The molecule has 0 unspecified atom stereocenters. The van der Waals surface area contributed by atoms with Crippen LogP contribution in [0.4, 0.5) is 5.13 Å². The van der Waals surface area contributed by atoms with Crippen LogP contribution in [0.5, 0.6) is 0 Å². The molecule has 3 heterocycles. The van der Waals surface area contributed by atoms with Gasteiger partial charge in [-0.25, -0.2) is 4.98 Å². The molecule has 0 saturated heterocycles. The zero-order valence-corrected chi connectivity index (χ0v) is 13.6. The Hall–Kier alpha value is -3.32. The van der Waals surface area contributed by atoms with Gasteiger partial charge in [-0.2, -0.15) is 0 Å². The molecule has 7 heteroatoms. The highest BCUT2D eigenvalue weighted by Gasteiger charge is 2.14. The van der Waals surface area contributed by atoms with Gasteiger partial charge in [0.15, 0.2) is 16.3 Å². The number of thiazole rings is 1. The van der Waals surface area contributed by atoms with Crippen LogP contribution in [0, 0.1) is 0 Å². The third kappa shape index (κ3) is 3.05. The van der Waals surface area contributed by atoms with Crippen molar-refractivity contribution >= 4 is 33.3 Å². The highest BCUT2D eigenvalue weighted by Crippen LogP contribution is 2.24. The summed E-state index contributed by atoms with van der Waals surface area (Å²) in [6.07, 6.45) is 3.35. The maximum atomic E-state index is 12.4. The number of anilines is 1. The van der Waals surface area contributed by atoms with Gasteiger partial charge in [0, 0.05) is 29.4 Å². The maximum absolute atomic E-state index is 12.4. The van der Waals surface area contributed by atoms with E-state index >= 15 is 0 Å². The number of carbonyl (C=O) groups is 1. The Labute approximate surface area is 145 Å². The molecule has 122 valence electrons. The van der Waals surface area contributed by atoms with Gasteiger partial charge < -0.3 is 4.42 Å². The minimum atomic E-state index is -0.515. The van der Waals surface area contributed by atoms with Gasteiger partial charge in [-0.15, -0.1) is 11.3 Å². The zero-order chi connectivity index (χ0) is 17.2. The van der Waals surface area contributed by atoms with Gasteiger partial charge in [0.1, 0.15) is 5.58 Å². The number of aromatic nitrogens is 2. The Kier molecular flexibility index (Phi) is 3.83. The van der Waals surface area contributed by atoms with Crippen LogP contribution in [0.3, 0.4) is 0 Å². The number of hydrogen-bond donors (Lipinski definition) is 1. The molecule has 1 N–H and O–H groups in total. The van der Waals surface area contributed by atoms with E-state index in [1.807, 2.05) is 17.5 Å². The molecular weight excluding hydrogens is 338 g/mol. The molecule has 0 aliphatic carbocycles. The van der Waals surface area contributed by atoms with Gasteiger partial charge in [0.05, 0.1) is 11.1 Å². The molecule has 0 aliphatic rings. The normalized spacial score (nSPS) is 10.7. The third-order valence-corrected chi connectivity index (χ3v) is 4.32. The van der Waals surface area contributed by atoms with E-state index in [0.29, 0.717) is 16.1 Å². The number of nitrogens with zero attached hydrogens (tertiary/aromatic N) is 2. The molecule has 1 amide bonds. The second-order valence-electron chi connectivity index (χ2n) is 5.20. The summed E-state index contributed by atoms with van der Waals surface area (Å²) in [6.45, 7) is 0. The lowest BCUT2D eigenvalue weighted by atomic mass is 10.2. The Balaban J connectivity index is 1.61. The van der Waals surface area contributed by atoms with Crippen molar-refractivity contribution in [2.75, 3.05) is 5.32 Å². The average Bonchev–Trinajstić information content (AvgIpc) is 3.11. The number of fused-ring (bicyclic) bond motifs is 1. The lowest BCUT2D eigenvalue weighted by molar-refractivity contribution is 0.0997. The standard InChI is InChI=1S/C18H11N3O3S/c22-14-9-16(24-15-4-2-1-3-12(14)15)17(23)21-18-20-13(10-25-18)11-5-7-19-8-6-11/h1-10H,(H,20,21,23). The number of carbonyl (C=O) groups excluding carboxylic acids is 1. The highest BCUT2D eigenvalue weighted by atomic mass is 32.1. The number of hydrogen-bond acceptors (Lipinski definition) is 6. The van der Waals surface area contributed by atoms with Crippen LogP contribution in [0.25, 0.3) is 22.2 Å². The maximum Gasteiger partial charge on any atom is 0.293 e. The van der Waals surface area contributed by atoms with Crippen molar-refractivity contribution in [3.63, 3.8) is 0 Å². The van der Waals surface area contributed by atoms with Crippen molar-refractivity contribution in [3.8, 4) is 11.3 Å². The first kappa shape index (κ1) is 15.2. The summed E-state index contributed by atoms with van der Waals surface area (Å²) < 4.78 is 5.52. The molecule has 0 fully saturated rings. The predicted octanol–water partition coefficient (Wildman–Crippen LogP) is 3.56. The molecule has 0 radical (unpaired) electrons. The molecule has 0 saturated carbocycles. The van der Waals surface area contributed by atoms with Gasteiger partial charge in [0.2, 0.25) is 0 Å². The predicted molar refractivity (Wildman–Crippen MR) is 95.8 cm³/mol. The van der Waals surface area contributed by atoms with Crippen molar-refractivity contribution in [1.82, 2.24) is 9.97 Å². The number of amides is 1. The Morgan fingerprint density at radius 1 is 1.12 bits per heavy atom. The average molecular weight is 349 g/mol. The van der Waals surface area contributed by atoms with E-state index in [2.05, 4.69) is 15.3 Å². The first-order chi connectivity index (χ1) is 12.2. The van der Waals surface area contributed by atoms with Gasteiger partial charge in [0.25, 0.3) is 5.91 Å². The van der Waals surface area contributed by atoms with Crippen LogP contribution in [-0.4, -0.2) is 15.9 Å². The van der Waals surface area contributed by atoms with Crippen molar-refractivity contribution in [2.45, 2.75) is 0 Å². The number of para-hydroxylation sites is 1. The largest absolute Gasteiger partial charge is 0.451 e. The number of benzene rings is 1. The molecule has 1 aromatic carbocycles. The fraction of sp³-hybridized carbons (Fsp3) is 0. The van der Waals surface area contributed by atoms with Gasteiger partial charge in [-0.1, -0.05) is 12.1 Å². The van der Waals surface area contributed by atoms with Crippen LogP contribution in [0.15, 0.2) is 69.5 Å². The topological polar surface area (TPSA) is 85.1 Å². The summed E-state index contributed by atoms with van der Waals surface area (Å²) >= 11 is 1.29. The number of nitrogens with one attached hydrogen (secondary N) is 1. The monoisotopic (exact) mass is 349 g/mol. The van der Waals surface area contributed by atoms with Gasteiger partial charge in [-0.05, 0) is 24.3 Å². The Morgan fingerprint density at radius 3 is 2.76 bits per heavy atom. The summed E-state index contributed by atoms with van der Waals surface area (Å²) in [6, 6.07) is 11.7. The first-order valence-corrected chi connectivity index (χ1v) is 8.29. The smallest absolute Gasteiger partial charge is 0.293 e. The fourth-order valence-electron chi connectivity index (χ4n) is 2.36. The molecule has 25 heavy (non-hydrogen) atoms. The van der Waals surface area contributed by atoms with E-state index in [0.717, 1.165) is 11.3 Å². The SMILES string of the molecule is O=C(Nc1nc(-c2ccncc2)cs1)c1cc(=O)c2ccccc2o1. The fourth-order valence-corrected chi connectivity index (χ4v) is 3.08.